The molecular formula is C15H14ClIN2OS. The van der Waals surface area contributed by atoms with E-state index >= 15 is 0 Å². The Hall–Kier alpha value is -0.790. The molecule has 2 rings (SSSR count). The minimum atomic E-state index is -0.0347. The smallest absolute Gasteiger partial charge is 0.262 e. The Balaban J connectivity index is 2.54. The molecule has 3 nitrogen and oxygen atoms in total. The second kappa shape index (κ2) is 7.47. The standard InChI is InChI=1S/C15H14ClIN2OS/c1-3-7-19-14(20)12-9-11(17)4-5-13(12)18-15(19)21-8-6-10(2)16/h3-6,9H,1,7-8H2,2H3/b10-6-. The first-order chi connectivity index (χ1) is 10.0. The molecule has 0 amide bonds. The zero-order valence-electron chi connectivity index (χ0n) is 11.5. The summed E-state index contributed by atoms with van der Waals surface area (Å²) in [6, 6.07) is 5.69. The van der Waals surface area contributed by atoms with Gasteiger partial charge in [0.1, 0.15) is 0 Å². The van der Waals surface area contributed by atoms with Gasteiger partial charge < -0.3 is 0 Å². The summed E-state index contributed by atoms with van der Waals surface area (Å²) in [5, 5.41) is 2.05. The molecule has 0 aliphatic carbocycles. The Morgan fingerprint density at radius 3 is 3.00 bits per heavy atom. The molecule has 0 bridgehead atoms. The second-order valence-corrected chi connectivity index (χ2v) is 7.19. The lowest BCUT2D eigenvalue weighted by Gasteiger charge is -2.10. The predicted octanol–water partition coefficient (Wildman–Crippen LogP) is 4.42. The SMILES string of the molecule is C=CCn1c(SC/C=C(/C)Cl)nc2ccc(I)cc2c1=O. The quantitative estimate of drug-likeness (QED) is 0.304. The summed E-state index contributed by atoms with van der Waals surface area (Å²) >= 11 is 9.51. The molecule has 1 heterocycles. The van der Waals surface area contributed by atoms with Crippen molar-refractivity contribution in [3.63, 3.8) is 0 Å². The summed E-state index contributed by atoms with van der Waals surface area (Å²) < 4.78 is 2.67. The maximum atomic E-state index is 12.6. The van der Waals surface area contributed by atoms with Gasteiger partial charge in [0.25, 0.3) is 5.56 Å². The molecule has 0 N–H and O–H groups in total. The highest BCUT2D eigenvalue weighted by Gasteiger charge is 2.10. The molecule has 6 heteroatoms. The van der Waals surface area contributed by atoms with E-state index in [-0.39, 0.29) is 5.56 Å². The van der Waals surface area contributed by atoms with Crippen LogP contribution in [0.15, 0.2) is 51.9 Å². The third kappa shape index (κ3) is 4.11. The lowest BCUT2D eigenvalue weighted by Crippen LogP contribution is -2.23. The molecule has 2 aromatic rings. The summed E-state index contributed by atoms with van der Waals surface area (Å²) in [7, 11) is 0. The molecule has 1 aromatic heterocycles. The van der Waals surface area contributed by atoms with E-state index in [0.29, 0.717) is 22.8 Å². The Bertz CT molecular complexity index is 766. The van der Waals surface area contributed by atoms with E-state index in [0.717, 1.165) is 14.1 Å². The van der Waals surface area contributed by atoms with Crippen LogP contribution in [0, 0.1) is 3.57 Å². The van der Waals surface area contributed by atoms with Crippen molar-refractivity contribution in [1.29, 1.82) is 0 Å². The van der Waals surface area contributed by atoms with Crippen molar-refractivity contribution in [2.75, 3.05) is 5.75 Å². The number of allylic oxidation sites excluding steroid dienone is 2. The summed E-state index contributed by atoms with van der Waals surface area (Å²) in [6.07, 6.45) is 3.60. The van der Waals surface area contributed by atoms with E-state index in [1.165, 1.54) is 11.8 Å². The Labute approximate surface area is 146 Å². The highest BCUT2D eigenvalue weighted by Crippen LogP contribution is 2.20. The van der Waals surface area contributed by atoms with Gasteiger partial charge in [-0.15, -0.1) is 6.58 Å². The van der Waals surface area contributed by atoms with Crippen LogP contribution >= 0.6 is 46.0 Å². The maximum Gasteiger partial charge on any atom is 0.262 e. The molecule has 0 aliphatic heterocycles. The van der Waals surface area contributed by atoms with Crippen LogP contribution in [0.2, 0.25) is 0 Å². The van der Waals surface area contributed by atoms with Crippen molar-refractivity contribution in [3.8, 4) is 0 Å². The Kier molecular flexibility index (Phi) is 5.89. The first-order valence-corrected chi connectivity index (χ1v) is 8.73. The van der Waals surface area contributed by atoms with Crippen molar-refractivity contribution in [2.45, 2.75) is 18.6 Å². The Morgan fingerprint density at radius 2 is 2.33 bits per heavy atom. The van der Waals surface area contributed by atoms with Crippen molar-refractivity contribution >= 4 is 56.9 Å². The fourth-order valence-electron chi connectivity index (χ4n) is 1.80. The van der Waals surface area contributed by atoms with Gasteiger partial charge in [-0.3, -0.25) is 9.36 Å². The molecule has 0 radical (unpaired) electrons. The van der Waals surface area contributed by atoms with Crippen molar-refractivity contribution in [2.24, 2.45) is 0 Å². The van der Waals surface area contributed by atoms with Gasteiger partial charge in [-0.25, -0.2) is 4.98 Å². The van der Waals surface area contributed by atoms with Crippen LogP contribution in [0.3, 0.4) is 0 Å². The van der Waals surface area contributed by atoms with E-state index in [1.54, 1.807) is 10.6 Å². The van der Waals surface area contributed by atoms with Crippen LogP contribution in [-0.4, -0.2) is 15.3 Å². The van der Waals surface area contributed by atoms with Gasteiger partial charge in [-0.2, -0.15) is 0 Å². The molecule has 110 valence electrons. The van der Waals surface area contributed by atoms with Gasteiger partial charge in [0.2, 0.25) is 0 Å². The molecule has 0 saturated carbocycles. The van der Waals surface area contributed by atoms with Crippen LogP contribution in [0.4, 0.5) is 0 Å². The molecule has 0 aliphatic rings. The minimum Gasteiger partial charge on any atom is -0.283 e. The lowest BCUT2D eigenvalue weighted by molar-refractivity contribution is 0.672. The number of halogens is 2. The molecule has 0 saturated heterocycles. The zero-order chi connectivity index (χ0) is 15.4. The number of fused-ring (bicyclic) bond motifs is 1. The predicted molar refractivity (Wildman–Crippen MR) is 99.3 cm³/mol. The number of thioether (sulfide) groups is 1. The van der Waals surface area contributed by atoms with Gasteiger partial charge in [-0.05, 0) is 47.7 Å². The van der Waals surface area contributed by atoms with Gasteiger partial charge in [-0.1, -0.05) is 35.5 Å². The van der Waals surface area contributed by atoms with E-state index in [4.69, 9.17) is 11.6 Å². The minimum absolute atomic E-state index is 0.0347. The van der Waals surface area contributed by atoms with E-state index in [1.807, 2.05) is 31.2 Å². The number of rotatable bonds is 5. The Morgan fingerprint density at radius 1 is 1.57 bits per heavy atom. The second-order valence-electron chi connectivity index (χ2n) is 4.36. The molecular weight excluding hydrogens is 419 g/mol. The monoisotopic (exact) mass is 432 g/mol. The van der Waals surface area contributed by atoms with Crippen molar-refractivity contribution in [3.05, 3.63) is 55.9 Å². The highest BCUT2D eigenvalue weighted by molar-refractivity contribution is 14.1. The van der Waals surface area contributed by atoms with Crippen molar-refractivity contribution < 1.29 is 0 Å². The lowest BCUT2D eigenvalue weighted by atomic mass is 10.2. The van der Waals surface area contributed by atoms with Crippen molar-refractivity contribution in [1.82, 2.24) is 9.55 Å². The third-order valence-electron chi connectivity index (χ3n) is 2.77. The van der Waals surface area contributed by atoms with Crippen LogP contribution < -0.4 is 5.56 Å². The van der Waals surface area contributed by atoms with E-state index < -0.39 is 0 Å². The topological polar surface area (TPSA) is 34.9 Å². The summed E-state index contributed by atoms with van der Waals surface area (Å²) in [5.41, 5.74) is 0.683. The summed E-state index contributed by atoms with van der Waals surface area (Å²) in [4.78, 5) is 17.2. The number of nitrogens with zero attached hydrogens (tertiary/aromatic N) is 2. The van der Waals surface area contributed by atoms with E-state index in [9.17, 15) is 4.79 Å². The van der Waals surface area contributed by atoms with Crippen LogP contribution in [0.5, 0.6) is 0 Å². The van der Waals surface area contributed by atoms with Crippen LogP contribution in [-0.2, 0) is 6.54 Å². The fraction of sp³-hybridized carbons (Fsp3) is 0.200. The average Bonchev–Trinajstić information content (AvgIpc) is 2.43. The first-order valence-electron chi connectivity index (χ1n) is 6.29. The molecule has 0 spiro atoms. The fourth-order valence-corrected chi connectivity index (χ4v) is 3.42. The molecule has 1 aromatic carbocycles. The largest absolute Gasteiger partial charge is 0.283 e. The molecule has 0 unspecified atom stereocenters. The van der Waals surface area contributed by atoms with Gasteiger partial charge in [0.05, 0.1) is 10.9 Å². The third-order valence-corrected chi connectivity index (χ3v) is 4.50. The zero-order valence-corrected chi connectivity index (χ0v) is 15.2. The van der Waals surface area contributed by atoms with Gasteiger partial charge >= 0.3 is 0 Å². The van der Waals surface area contributed by atoms with Crippen LogP contribution in [0.1, 0.15) is 6.92 Å². The number of benzene rings is 1. The summed E-state index contributed by atoms with van der Waals surface area (Å²) in [5.74, 6) is 0.675. The molecule has 0 atom stereocenters. The number of hydrogen-bond acceptors (Lipinski definition) is 3. The average molecular weight is 433 g/mol. The normalized spacial score (nSPS) is 11.9. The number of aromatic nitrogens is 2. The number of hydrogen-bond donors (Lipinski definition) is 0. The molecule has 21 heavy (non-hydrogen) atoms. The van der Waals surface area contributed by atoms with Crippen LogP contribution in [0.25, 0.3) is 10.9 Å². The first kappa shape index (κ1) is 16.6. The highest BCUT2D eigenvalue weighted by atomic mass is 127. The summed E-state index contributed by atoms with van der Waals surface area (Å²) in [6.45, 7) is 5.98. The molecule has 0 fully saturated rings. The van der Waals surface area contributed by atoms with Gasteiger partial charge in [0, 0.05) is 20.9 Å². The van der Waals surface area contributed by atoms with Gasteiger partial charge in [0.15, 0.2) is 5.16 Å². The maximum absolute atomic E-state index is 12.6. The van der Waals surface area contributed by atoms with E-state index in [2.05, 4.69) is 34.2 Å².